The third-order valence-corrected chi connectivity index (χ3v) is 5.02. The van der Waals surface area contributed by atoms with Gasteiger partial charge in [0.1, 0.15) is 6.04 Å². The highest BCUT2D eigenvalue weighted by molar-refractivity contribution is 5.87. The van der Waals surface area contributed by atoms with Gasteiger partial charge in [0.2, 0.25) is 5.91 Å². The van der Waals surface area contributed by atoms with E-state index in [1.807, 2.05) is 0 Å². The smallest absolute Gasteiger partial charge is 0.328 e. The molecule has 1 aliphatic heterocycles. The largest absolute Gasteiger partial charge is 0.464 e. The van der Waals surface area contributed by atoms with Gasteiger partial charge in [0.25, 0.3) is 0 Å². The summed E-state index contributed by atoms with van der Waals surface area (Å²) in [6.07, 6.45) is 19.5. The number of esters is 1. The van der Waals surface area contributed by atoms with Gasteiger partial charge in [0.05, 0.1) is 6.61 Å². The second-order valence-corrected chi connectivity index (χ2v) is 7.42. The lowest BCUT2D eigenvalue weighted by molar-refractivity contribution is -0.146. The van der Waals surface area contributed by atoms with E-state index in [4.69, 9.17) is 4.74 Å². The van der Waals surface area contributed by atoms with Crippen LogP contribution in [0.5, 0.6) is 0 Å². The van der Waals surface area contributed by atoms with Crippen LogP contribution >= 0.6 is 0 Å². The summed E-state index contributed by atoms with van der Waals surface area (Å²) >= 11 is 0. The Morgan fingerprint density at radius 2 is 1.36 bits per heavy atom. The molecule has 25 heavy (non-hydrogen) atoms. The summed E-state index contributed by atoms with van der Waals surface area (Å²) in [6, 6.07) is -0.404. The number of unbranched alkanes of at least 4 members (excludes halogenated alkanes) is 13. The SMILES string of the molecule is CCCCCCCCCCCCCCCCOC(=O)C1CCC(=O)N1. The normalized spacial score (nSPS) is 16.8. The predicted molar refractivity (Wildman–Crippen MR) is 102 cm³/mol. The van der Waals surface area contributed by atoms with E-state index in [9.17, 15) is 9.59 Å². The highest BCUT2D eigenvalue weighted by Crippen LogP contribution is 2.13. The molecule has 1 saturated heterocycles. The minimum Gasteiger partial charge on any atom is -0.464 e. The third-order valence-electron chi connectivity index (χ3n) is 5.02. The summed E-state index contributed by atoms with van der Waals surface area (Å²) in [7, 11) is 0. The lowest BCUT2D eigenvalue weighted by Crippen LogP contribution is -2.34. The number of hydrogen-bond donors (Lipinski definition) is 1. The van der Waals surface area contributed by atoms with Gasteiger partial charge in [-0.05, 0) is 12.8 Å². The van der Waals surface area contributed by atoms with E-state index in [1.54, 1.807) is 0 Å². The van der Waals surface area contributed by atoms with E-state index < -0.39 is 6.04 Å². The molecule has 1 N–H and O–H groups in total. The van der Waals surface area contributed by atoms with E-state index in [0.717, 1.165) is 12.8 Å². The maximum atomic E-state index is 11.7. The highest BCUT2D eigenvalue weighted by atomic mass is 16.5. The maximum absolute atomic E-state index is 11.7. The molecule has 1 heterocycles. The van der Waals surface area contributed by atoms with E-state index >= 15 is 0 Å². The zero-order valence-corrected chi connectivity index (χ0v) is 16.3. The first-order valence-corrected chi connectivity index (χ1v) is 10.7. The van der Waals surface area contributed by atoms with Crippen molar-refractivity contribution in [2.75, 3.05) is 6.61 Å². The number of amides is 1. The molecule has 1 unspecified atom stereocenters. The third kappa shape index (κ3) is 12.0. The lowest BCUT2D eigenvalue weighted by Gasteiger charge is -2.09. The topological polar surface area (TPSA) is 55.4 Å². The van der Waals surface area contributed by atoms with Crippen LogP contribution in [0.3, 0.4) is 0 Å². The standard InChI is InChI=1S/C21H39NO3/c1-2-3-4-5-6-7-8-9-10-11-12-13-14-15-18-25-21(24)19-16-17-20(23)22-19/h19H,2-18H2,1H3,(H,22,23). The van der Waals surface area contributed by atoms with Crippen molar-refractivity contribution in [3.63, 3.8) is 0 Å². The number of carbonyl (C=O) groups excluding carboxylic acids is 2. The Balaban J connectivity index is 1.74. The van der Waals surface area contributed by atoms with Crippen molar-refractivity contribution < 1.29 is 14.3 Å². The first-order chi connectivity index (χ1) is 12.2. The van der Waals surface area contributed by atoms with Gasteiger partial charge in [-0.25, -0.2) is 4.79 Å². The molecule has 1 fully saturated rings. The minimum atomic E-state index is -0.404. The number of carbonyl (C=O) groups is 2. The molecule has 0 aromatic heterocycles. The summed E-state index contributed by atoms with van der Waals surface area (Å²) in [6.45, 7) is 2.76. The molecule has 4 nitrogen and oxygen atoms in total. The molecule has 1 aliphatic rings. The Bertz CT molecular complexity index is 357. The molecule has 0 aromatic carbocycles. The second-order valence-electron chi connectivity index (χ2n) is 7.42. The van der Waals surface area contributed by atoms with Gasteiger partial charge in [0.15, 0.2) is 0 Å². The van der Waals surface area contributed by atoms with Crippen LogP contribution in [0.15, 0.2) is 0 Å². The van der Waals surface area contributed by atoms with Gasteiger partial charge < -0.3 is 10.1 Å². The molecule has 0 aliphatic carbocycles. The van der Waals surface area contributed by atoms with E-state index in [2.05, 4.69) is 12.2 Å². The molecule has 1 rings (SSSR count). The van der Waals surface area contributed by atoms with Gasteiger partial charge in [-0.15, -0.1) is 0 Å². The van der Waals surface area contributed by atoms with Gasteiger partial charge in [-0.3, -0.25) is 4.79 Å². The average molecular weight is 354 g/mol. The van der Waals surface area contributed by atoms with Gasteiger partial charge in [-0.1, -0.05) is 90.4 Å². The maximum Gasteiger partial charge on any atom is 0.328 e. The summed E-state index contributed by atoms with van der Waals surface area (Å²) in [5, 5.41) is 2.64. The van der Waals surface area contributed by atoms with Crippen LogP contribution in [0.25, 0.3) is 0 Å². The monoisotopic (exact) mass is 353 g/mol. The fourth-order valence-corrected chi connectivity index (χ4v) is 3.36. The fraction of sp³-hybridized carbons (Fsp3) is 0.905. The molecular weight excluding hydrogens is 314 g/mol. The van der Waals surface area contributed by atoms with Crippen LogP contribution in [-0.2, 0) is 14.3 Å². The molecule has 0 aromatic rings. The summed E-state index contributed by atoms with van der Waals surface area (Å²) < 4.78 is 5.23. The fourth-order valence-electron chi connectivity index (χ4n) is 3.36. The van der Waals surface area contributed by atoms with Gasteiger partial charge >= 0.3 is 5.97 Å². The van der Waals surface area contributed by atoms with Crippen LogP contribution in [0.4, 0.5) is 0 Å². The van der Waals surface area contributed by atoms with Crippen LogP contribution in [0.2, 0.25) is 0 Å². The van der Waals surface area contributed by atoms with Crippen molar-refractivity contribution in [1.82, 2.24) is 5.32 Å². The average Bonchev–Trinajstić information content (AvgIpc) is 3.04. The Morgan fingerprint density at radius 1 is 0.880 bits per heavy atom. The van der Waals surface area contributed by atoms with E-state index in [0.29, 0.717) is 19.4 Å². The predicted octanol–water partition coefficient (Wildman–Crippen LogP) is 5.29. The lowest BCUT2D eigenvalue weighted by atomic mass is 10.0. The second kappa shape index (κ2) is 15.2. The minimum absolute atomic E-state index is 0.0431. The first kappa shape index (κ1) is 22.0. The van der Waals surface area contributed by atoms with Crippen molar-refractivity contribution in [2.24, 2.45) is 0 Å². The van der Waals surface area contributed by atoms with Crippen molar-refractivity contribution in [3.8, 4) is 0 Å². The number of hydrogen-bond acceptors (Lipinski definition) is 3. The summed E-state index contributed by atoms with van der Waals surface area (Å²) in [5.41, 5.74) is 0. The van der Waals surface area contributed by atoms with E-state index in [1.165, 1.54) is 77.0 Å². The zero-order chi connectivity index (χ0) is 18.2. The molecule has 0 radical (unpaired) electrons. The number of ether oxygens (including phenoxy) is 1. The quantitative estimate of drug-likeness (QED) is 0.303. The molecule has 1 amide bonds. The molecule has 1 atom stereocenters. The van der Waals surface area contributed by atoms with Crippen molar-refractivity contribution in [3.05, 3.63) is 0 Å². The Kier molecular flexibility index (Phi) is 13.4. The van der Waals surface area contributed by atoms with Gasteiger partial charge in [0, 0.05) is 6.42 Å². The van der Waals surface area contributed by atoms with Crippen LogP contribution in [0.1, 0.15) is 110 Å². The van der Waals surface area contributed by atoms with Crippen LogP contribution in [-0.4, -0.2) is 24.5 Å². The highest BCUT2D eigenvalue weighted by Gasteiger charge is 2.28. The molecule has 0 saturated carbocycles. The van der Waals surface area contributed by atoms with Crippen LogP contribution < -0.4 is 5.32 Å². The number of rotatable bonds is 16. The Labute approximate surface area is 154 Å². The molecular formula is C21H39NO3. The van der Waals surface area contributed by atoms with Crippen molar-refractivity contribution >= 4 is 11.9 Å². The molecule has 0 bridgehead atoms. The van der Waals surface area contributed by atoms with Crippen molar-refractivity contribution in [1.29, 1.82) is 0 Å². The van der Waals surface area contributed by atoms with Crippen LogP contribution in [0, 0.1) is 0 Å². The molecule has 146 valence electrons. The summed E-state index contributed by atoms with van der Waals surface area (Å²) in [5.74, 6) is -0.306. The molecule has 0 spiro atoms. The Morgan fingerprint density at radius 3 is 1.80 bits per heavy atom. The molecule has 4 heteroatoms. The van der Waals surface area contributed by atoms with E-state index in [-0.39, 0.29) is 11.9 Å². The number of nitrogens with one attached hydrogen (secondary N) is 1. The summed E-state index contributed by atoms with van der Waals surface area (Å²) in [4.78, 5) is 22.7. The Hall–Kier alpha value is -1.06. The van der Waals surface area contributed by atoms with Crippen molar-refractivity contribution in [2.45, 2.75) is 116 Å². The zero-order valence-electron chi connectivity index (χ0n) is 16.3. The van der Waals surface area contributed by atoms with Gasteiger partial charge in [-0.2, -0.15) is 0 Å². The first-order valence-electron chi connectivity index (χ1n) is 10.7.